The molecule has 0 radical (unpaired) electrons. The zero-order chi connectivity index (χ0) is 18.3. The number of hydrogen-bond acceptors (Lipinski definition) is 3. The lowest BCUT2D eigenvalue weighted by molar-refractivity contribution is -0.137. The molecule has 0 atom stereocenters. The average Bonchev–Trinajstić information content (AvgIpc) is 2.42. The number of nitrogens with one attached hydrogen (secondary N) is 1. The summed E-state index contributed by atoms with van der Waals surface area (Å²) in [6.45, 7) is 0. The van der Waals surface area contributed by atoms with Gasteiger partial charge in [0.15, 0.2) is 5.75 Å². The fraction of sp³-hybridized carbons (Fsp3) is 0.0769. The number of halogens is 6. The molecule has 11 heteroatoms. The lowest BCUT2D eigenvalue weighted by Gasteiger charge is -2.13. The molecule has 0 bridgehead atoms. The van der Waals surface area contributed by atoms with Crippen LogP contribution >= 0.6 is 34.8 Å². The van der Waals surface area contributed by atoms with Crippen molar-refractivity contribution in [1.82, 2.24) is 0 Å². The highest BCUT2D eigenvalue weighted by atomic mass is 35.5. The molecule has 2 N–H and O–H groups in total. The highest BCUT2D eigenvalue weighted by Crippen LogP contribution is 2.37. The maximum absolute atomic E-state index is 12.6. The lowest BCUT2D eigenvalue weighted by Crippen LogP contribution is -2.14. The van der Waals surface area contributed by atoms with Crippen LogP contribution in [0, 0.1) is 0 Å². The van der Waals surface area contributed by atoms with E-state index in [9.17, 15) is 26.7 Å². The Morgan fingerprint density at radius 1 is 0.958 bits per heavy atom. The van der Waals surface area contributed by atoms with Crippen LogP contribution in [0.3, 0.4) is 0 Å². The fourth-order valence-electron chi connectivity index (χ4n) is 1.73. The maximum atomic E-state index is 12.6. The number of hydrogen-bond donors (Lipinski definition) is 2. The molecular weight excluding hydrogens is 414 g/mol. The van der Waals surface area contributed by atoms with Crippen LogP contribution in [0.15, 0.2) is 35.2 Å². The predicted molar refractivity (Wildman–Crippen MR) is 85.4 cm³/mol. The van der Waals surface area contributed by atoms with Crippen LogP contribution in [-0.4, -0.2) is 13.5 Å². The summed E-state index contributed by atoms with van der Waals surface area (Å²) >= 11 is 17.0. The molecule has 0 aromatic heterocycles. The second kappa shape index (κ2) is 6.51. The Bertz CT molecular complexity index is 878. The fourth-order valence-corrected chi connectivity index (χ4v) is 3.80. The van der Waals surface area contributed by atoms with E-state index in [2.05, 4.69) is 4.72 Å². The zero-order valence-electron chi connectivity index (χ0n) is 11.3. The molecule has 0 saturated carbocycles. The van der Waals surface area contributed by atoms with Crippen LogP contribution in [-0.2, 0) is 16.2 Å². The van der Waals surface area contributed by atoms with Crippen LogP contribution in [0.25, 0.3) is 0 Å². The molecule has 0 aliphatic carbocycles. The van der Waals surface area contributed by atoms with E-state index in [1.165, 1.54) is 0 Å². The summed E-state index contributed by atoms with van der Waals surface area (Å²) in [5.74, 6) is -0.436. The Hall–Kier alpha value is -1.35. The number of phenolic OH excluding ortho intramolecular Hbond substituents is 1. The van der Waals surface area contributed by atoms with Crippen molar-refractivity contribution in [1.29, 1.82) is 0 Å². The van der Waals surface area contributed by atoms with Gasteiger partial charge in [-0.1, -0.05) is 34.8 Å². The van der Waals surface area contributed by atoms with E-state index < -0.39 is 37.4 Å². The molecule has 4 nitrogen and oxygen atoms in total. The van der Waals surface area contributed by atoms with Crippen LogP contribution < -0.4 is 4.72 Å². The van der Waals surface area contributed by atoms with Gasteiger partial charge in [0.2, 0.25) is 0 Å². The molecule has 0 fully saturated rings. The number of anilines is 1. The van der Waals surface area contributed by atoms with Crippen molar-refractivity contribution in [2.45, 2.75) is 11.1 Å². The van der Waals surface area contributed by atoms with Crippen molar-refractivity contribution in [2.24, 2.45) is 0 Å². The number of alkyl halides is 3. The lowest BCUT2D eigenvalue weighted by atomic mass is 10.2. The summed E-state index contributed by atoms with van der Waals surface area (Å²) in [5.41, 5.74) is -1.18. The van der Waals surface area contributed by atoms with Gasteiger partial charge in [0.25, 0.3) is 10.0 Å². The van der Waals surface area contributed by atoms with Gasteiger partial charge >= 0.3 is 6.18 Å². The molecule has 0 aliphatic heterocycles. The first kappa shape index (κ1) is 19.0. The third-order valence-corrected chi connectivity index (χ3v) is 5.26. The minimum absolute atomic E-state index is 0.0984. The van der Waals surface area contributed by atoms with Crippen molar-refractivity contribution in [3.8, 4) is 5.75 Å². The van der Waals surface area contributed by atoms with Gasteiger partial charge < -0.3 is 5.11 Å². The Morgan fingerprint density at radius 2 is 1.50 bits per heavy atom. The first-order valence-electron chi connectivity index (χ1n) is 5.99. The van der Waals surface area contributed by atoms with E-state index in [-0.39, 0.29) is 15.7 Å². The Labute approximate surface area is 149 Å². The van der Waals surface area contributed by atoms with Crippen LogP contribution in [0.2, 0.25) is 15.1 Å². The molecule has 0 saturated heterocycles. The zero-order valence-corrected chi connectivity index (χ0v) is 14.4. The van der Waals surface area contributed by atoms with Crippen LogP contribution in [0.4, 0.5) is 18.9 Å². The standard InChI is InChI=1S/C13H7Cl3F3NO3S/c14-8-3-6(13(17,18)19)1-2-11(8)24(22,23)20-7-4-9(15)12(21)10(16)5-7/h1-5,20-21H. The molecule has 0 unspecified atom stereocenters. The molecule has 0 spiro atoms. The van der Waals surface area contributed by atoms with Gasteiger partial charge in [0.05, 0.1) is 26.3 Å². The van der Waals surface area contributed by atoms with E-state index in [1.807, 2.05) is 0 Å². The molecule has 130 valence electrons. The van der Waals surface area contributed by atoms with Crippen molar-refractivity contribution >= 4 is 50.5 Å². The molecule has 0 amide bonds. The molecule has 2 rings (SSSR count). The van der Waals surface area contributed by atoms with Gasteiger partial charge in [-0.2, -0.15) is 13.2 Å². The monoisotopic (exact) mass is 419 g/mol. The van der Waals surface area contributed by atoms with Crippen molar-refractivity contribution in [3.05, 3.63) is 51.0 Å². The summed E-state index contributed by atoms with van der Waals surface area (Å²) in [6.07, 6.45) is -4.66. The van der Waals surface area contributed by atoms with Gasteiger partial charge in [-0.25, -0.2) is 8.42 Å². The average molecular weight is 421 g/mol. The minimum atomic E-state index is -4.66. The van der Waals surface area contributed by atoms with Crippen LogP contribution in [0.5, 0.6) is 5.75 Å². The van der Waals surface area contributed by atoms with Crippen molar-refractivity contribution in [3.63, 3.8) is 0 Å². The molecule has 24 heavy (non-hydrogen) atoms. The molecule has 0 aliphatic rings. The van der Waals surface area contributed by atoms with E-state index in [0.717, 1.165) is 18.2 Å². The van der Waals surface area contributed by atoms with Crippen LogP contribution in [0.1, 0.15) is 5.56 Å². The number of phenols is 1. The second-order valence-corrected chi connectivity index (χ2v) is 7.41. The maximum Gasteiger partial charge on any atom is 0.416 e. The van der Waals surface area contributed by atoms with Crippen molar-refractivity contribution < 1.29 is 26.7 Å². The number of rotatable bonds is 3. The highest BCUT2D eigenvalue weighted by Gasteiger charge is 2.32. The summed E-state index contributed by atoms with van der Waals surface area (Å²) in [4.78, 5) is -0.558. The molecule has 2 aromatic carbocycles. The smallest absolute Gasteiger partial charge is 0.416 e. The first-order chi connectivity index (χ1) is 10.9. The SMILES string of the molecule is O=S(=O)(Nc1cc(Cl)c(O)c(Cl)c1)c1ccc(C(F)(F)F)cc1Cl. The molecule has 0 heterocycles. The Morgan fingerprint density at radius 3 is 1.96 bits per heavy atom. The quantitative estimate of drug-likeness (QED) is 0.673. The van der Waals surface area contributed by atoms with Gasteiger partial charge in [0, 0.05) is 0 Å². The third-order valence-electron chi connectivity index (χ3n) is 2.82. The number of sulfonamides is 1. The highest BCUT2D eigenvalue weighted by molar-refractivity contribution is 7.92. The van der Waals surface area contributed by atoms with E-state index in [4.69, 9.17) is 34.8 Å². The first-order valence-corrected chi connectivity index (χ1v) is 8.61. The summed E-state index contributed by atoms with van der Waals surface area (Å²) < 4.78 is 64.4. The summed E-state index contributed by atoms with van der Waals surface area (Å²) in [6, 6.07) is 4.00. The summed E-state index contributed by atoms with van der Waals surface area (Å²) in [7, 11) is -4.30. The van der Waals surface area contributed by atoms with Gasteiger partial charge in [-0.15, -0.1) is 0 Å². The molecule has 2 aromatic rings. The van der Waals surface area contributed by atoms with Gasteiger partial charge in [-0.3, -0.25) is 4.72 Å². The van der Waals surface area contributed by atoms with E-state index in [1.54, 1.807) is 0 Å². The topological polar surface area (TPSA) is 66.4 Å². The normalized spacial score (nSPS) is 12.2. The Balaban J connectivity index is 2.41. The van der Waals surface area contributed by atoms with E-state index >= 15 is 0 Å². The minimum Gasteiger partial charge on any atom is -0.505 e. The van der Waals surface area contributed by atoms with Gasteiger partial charge in [-0.05, 0) is 30.3 Å². The van der Waals surface area contributed by atoms with E-state index in [0.29, 0.717) is 12.1 Å². The summed E-state index contributed by atoms with van der Waals surface area (Å²) in [5, 5.41) is 8.41. The van der Waals surface area contributed by atoms with Crippen molar-refractivity contribution in [2.75, 3.05) is 4.72 Å². The predicted octanol–water partition coefficient (Wildman–Crippen LogP) is 5.17. The number of benzene rings is 2. The number of aromatic hydroxyl groups is 1. The second-order valence-electron chi connectivity index (χ2n) is 4.54. The Kier molecular flexibility index (Phi) is 5.15. The third kappa shape index (κ3) is 4.00. The molecular formula is C13H7Cl3F3NO3S. The van der Waals surface area contributed by atoms with Gasteiger partial charge in [0.1, 0.15) is 4.90 Å². The largest absolute Gasteiger partial charge is 0.505 e.